The normalized spacial score (nSPS) is 11.0. The van der Waals surface area contributed by atoms with Gasteiger partial charge in [-0.2, -0.15) is 0 Å². The molecule has 4 nitrogen and oxygen atoms in total. The lowest BCUT2D eigenvalue weighted by atomic mass is 10.1. The van der Waals surface area contributed by atoms with Crippen LogP contribution in [-0.2, 0) is 17.0 Å². The predicted octanol–water partition coefficient (Wildman–Crippen LogP) is 7.62. The van der Waals surface area contributed by atoms with Crippen molar-refractivity contribution in [3.8, 4) is 5.75 Å². The Kier molecular flexibility index (Phi) is 9.15. The fourth-order valence-electron chi connectivity index (χ4n) is 4.07. The van der Waals surface area contributed by atoms with Crippen LogP contribution in [0.1, 0.15) is 57.3 Å². The highest BCUT2D eigenvalue weighted by molar-refractivity contribution is 7.98. The van der Waals surface area contributed by atoms with Gasteiger partial charge in [-0.3, -0.25) is 0 Å². The van der Waals surface area contributed by atoms with Crippen LogP contribution in [-0.4, -0.2) is 23.8 Å². The highest BCUT2D eigenvalue weighted by atomic mass is 35.5. The quantitative estimate of drug-likeness (QED) is 0.163. The third kappa shape index (κ3) is 6.19. The van der Waals surface area contributed by atoms with Crippen molar-refractivity contribution in [2.45, 2.75) is 65.2 Å². The van der Waals surface area contributed by atoms with E-state index in [1.54, 1.807) is 11.8 Å². The molecule has 6 heteroatoms. The molecule has 0 saturated carbocycles. The van der Waals surface area contributed by atoms with Crippen LogP contribution in [0, 0.1) is 34.6 Å². The first-order valence-corrected chi connectivity index (χ1v) is 13.0. The summed E-state index contributed by atoms with van der Waals surface area (Å²) in [5.41, 5.74) is 7.25. The van der Waals surface area contributed by atoms with E-state index in [-0.39, 0.29) is 5.97 Å². The summed E-state index contributed by atoms with van der Waals surface area (Å²) < 4.78 is 13.5. The summed E-state index contributed by atoms with van der Waals surface area (Å²) in [6.07, 6.45) is 0.768. The summed E-state index contributed by atoms with van der Waals surface area (Å²) in [6, 6.07) is 12.5. The lowest BCUT2D eigenvalue weighted by molar-refractivity contribution is 0.0512. The van der Waals surface area contributed by atoms with E-state index in [1.807, 2.05) is 39.8 Å². The number of hydrogen-bond donors (Lipinski definition) is 0. The topological polar surface area (TPSA) is 40.5 Å². The minimum absolute atomic E-state index is 0.268. The van der Waals surface area contributed by atoms with Gasteiger partial charge >= 0.3 is 5.97 Å². The van der Waals surface area contributed by atoms with Crippen LogP contribution in [0.2, 0.25) is 5.02 Å². The fraction of sp³-hybridized carbons (Fsp3) is 0.393. The van der Waals surface area contributed by atoms with Crippen molar-refractivity contribution >= 4 is 29.3 Å². The highest BCUT2D eigenvalue weighted by Gasteiger charge is 2.24. The molecule has 0 bridgehead atoms. The van der Waals surface area contributed by atoms with Crippen LogP contribution in [0.15, 0.2) is 41.3 Å². The molecule has 0 aliphatic rings. The first-order chi connectivity index (χ1) is 16.2. The van der Waals surface area contributed by atoms with E-state index in [4.69, 9.17) is 21.1 Å². The lowest BCUT2D eigenvalue weighted by Crippen LogP contribution is -2.15. The van der Waals surface area contributed by atoms with Gasteiger partial charge in [0, 0.05) is 27.9 Å². The number of halogens is 1. The molecular weight excluding hydrogens is 466 g/mol. The third-order valence-corrected chi connectivity index (χ3v) is 7.84. The predicted molar refractivity (Wildman–Crippen MR) is 142 cm³/mol. The molecule has 0 aliphatic carbocycles. The lowest BCUT2D eigenvalue weighted by Gasteiger charge is -2.13. The van der Waals surface area contributed by atoms with Crippen LogP contribution >= 0.6 is 23.4 Å². The van der Waals surface area contributed by atoms with E-state index in [0.29, 0.717) is 25.5 Å². The zero-order chi connectivity index (χ0) is 24.8. The van der Waals surface area contributed by atoms with Gasteiger partial charge in [0.2, 0.25) is 0 Å². The Morgan fingerprint density at radius 2 is 1.68 bits per heavy atom. The zero-order valence-corrected chi connectivity index (χ0v) is 22.5. The molecule has 2 aromatic carbocycles. The highest BCUT2D eigenvalue weighted by Crippen LogP contribution is 2.34. The summed E-state index contributed by atoms with van der Waals surface area (Å²) in [7, 11) is 0. The molecule has 1 aromatic heterocycles. The molecule has 0 amide bonds. The first-order valence-electron chi connectivity index (χ1n) is 11.7. The Bertz CT molecular complexity index is 1130. The minimum atomic E-state index is -0.268. The summed E-state index contributed by atoms with van der Waals surface area (Å²) in [5.74, 6) is 1.40. The van der Waals surface area contributed by atoms with Crippen molar-refractivity contribution in [1.82, 2.24) is 4.57 Å². The van der Waals surface area contributed by atoms with Crippen LogP contribution in [0.3, 0.4) is 0 Å². The summed E-state index contributed by atoms with van der Waals surface area (Å²) in [6.45, 7) is 13.6. The van der Waals surface area contributed by atoms with Crippen molar-refractivity contribution in [2.75, 3.05) is 13.2 Å². The Morgan fingerprint density at radius 1 is 1.03 bits per heavy atom. The molecule has 1 heterocycles. The standard InChI is InChI=1S/C28H34ClNO3S/c1-7-32-28(31)26-21(5)27(34-17-23-11-9-18(2)10-12-23)22(6)30(26)13-8-14-33-24-15-19(3)25(29)20(4)16-24/h9-12,15-16H,7-8,13-14,17H2,1-6H3. The van der Waals surface area contributed by atoms with Crippen molar-refractivity contribution < 1.29 is 14.3 Å². The van der Waals surface area contributed by atoms with Gasteiger partial charge in [-0.05, 0) is 82.3 Å². The number of thioether (sulfide) groups is 1. The smallest absolute Gasteiger partial charge is 0.355 e. The van der Waals surface area contributed by atoms with Gasteiger partial charge in [0.1, 0.15) is 11.4 Å². The van der Waals surface area contributed by atoms with E-state index < -0.39 is 0 Å². The maximum atomic E-state index is 12.8. The monoisotopic (exact) mass is 499 g/mol. The summed E-state index contributed by atoms with van der Waals surface area (Å²) in [5, 5.41) is 0.778. The SMILES string of the molecule is CCOC(=O)c1c(C)c(SCc2ccc(C)cc2)c(C)n1CCCOc1cc(C)c(Cl)c(C)c1. The number of ether oxygens (including phenoxy) is 2. The average Bonchev–Trinajstić information content (AvgIpc) is 3.03. The number of carbonyl (C=O) groups is 1. The van der Waals surface area contributed by atoms with E-state index >= 15 is 0 Å². The molecule has 0 radical (unpaired) electrons. The van der Waals surface area contributed by atoms with Crippen molar-refractivity contribution in [1.29, 1.82) is 0 Å². The molecule has 0 aliphatic heterocycles. The number of esters is 1. The Balaban J connectivity index is 1.74. The van der Waals surface area contributed by atoms with Crippen LogP contribution in [0.25, 0.3) is 0 Å². The average molecular weight is 500 g/mol. The molecular formula is C28H34ClNO3S. The molecule has 3 rings (SSSR count). The second-order valence-corrected chi connectivity index (χ2v) is 9.97. The van der Waals surface area contributed by atoms with Gasteiger partial charge in [0.15, 0.2) is 0 Å². The number of carbonyl (C=O) groups excluding carboxylic acids is 1. The van der Waals surface area contributed by atoms with Gasteiger partial charge in [-0.15, -0.1) is 11.8 Å². The van der Waals surface area contributed by atoms with Crippen LogP contribution in [0.4, 0.5) is 0 Å². The van der Waals surface area contributed by atoms with Gasteiger partial charge < -0.3 is 14.0 Å². The number of nitrogens with zero attached hydrogens (tertiary/aromatic N) is 1. The molecule has 0 spiro atoms. The van der Waals surface area contributed by atoms with E-state index in [0.717, 1.165) is 50.2 Å². The van der Waals surface area contributed by atoms with Crippen molar-refractivity contribution in [2.24, 2.45) is 0 Å². The molecule has 0 unspecified atom stereocenters. The maximum Gasteiger partial charge on any atom is 0.355 e. The molecule has 182 valence electrons. The fourth-order valence-corrected chi connectivity index (χ4v) is 5.31. The molecule has 0 atom stereocenters. The van der Waals surface area contributed by atoms with E-state index in [9.17, 15) is 4.79 Å². The second kappa shape index (κ2) is 11.9. The number of aromatic nitrogens is 1. The molecule has 34 heavy (non-hydrogen) atoms. The molecule has 0 saturated heterocycles. The van der Waals surface area contributed by atoms with Crippen LogP contribution < -0.4 is 4.74 Å². The first kappa shape index (κ1) is 26.2. The largest absolute Gasteiger partial charge is 0.494 e. The number of benzene rings is 2. The molecule has 0 fully saturated rings. The summed E-state index contributed by atoms with van der Waals surface area (Å²) in [4.78, 5) is 14.0. The second-order valence-electron chi connectivity index (χ2n) is 8.61. The molecule has 3 aromatic rings. The maximum absolute atomic E-state index is 12.8. The van der Waals surface area contributed by atoms with E-state index in [1.165, 1.54) is 11.1 Å². The van der Waals surface area contributed by atoms with Gasteiger partial charge in [0.25, 0.3) is 0 Å². The Hall–Kier alpha value is -2.37. The van der Waals surface area contributed by atoms with Gasteiger partial charge in [0.05, 0.1) is 13.2 Å². The third-order valence-electron chi connectivity index (χ3n) is 5.88. The van der Waals surface area contributed by atoms with Gasteiger partial charge in [-0.25, -0.2) is 4.79 Å². The van der Waals surface area contributed by atoms with Gasteiger partial charge in [-0.1, -0.05) is 41.4 Å². The van der Waals surface area contributed by atoms with Crippen molar-refractivity contribution in [3.63, 3.8) is 0 Å². The van der Waals surface area contributed by atoms with E-state index in [2.05, 4.69) is 42.7 Å². The number of rotatable bonds is 10. The van der Waals surface area contributed by atoms with Crippen molar-refractivity contribution in [3.05, 3.63) is 80.6 Å². The molecule has 0 N–H and O–H groups in total. The van der Waals surface area contributed by atoms with Crippen LogP contribution in [0.5, 0.6) is 5.75 Å². The minimum Gasteiger partial charge on any atom is -0.494 e. The number of aryl methyl sites for hydroxylation is 3. The zero-order valence-electron chi connectivity index (χ0n) is 21.0. The summed E-state index contributed by atoms with van der Waals surface area (Å²) >= 11 is 8.04. The Labute approximate surface area is 212 Å². The Morgan fingerprint density at radius 3 is 2.29 bits per heavy atom. The number of hydrogen-bond acceptors (Lipinski definition) is 4.